The predicted molar refractivity (Wildman–Crippen MR) is 111 cm³/mol. The number of anilines is 1. The second-order valence-corrected chi connectivity index (χ2v) is 7.96. The van der Waals surface area contributed by atoms with Crippen LogP contribution in [0, 0.1) is 0 Å². The molecule has 0 saturated carbocycles. The molecule has 1 saturated heterocycles. The van der Waals surface area contributed by atoms with E-state index in [2.05, 4.69) is 5.32 Å². The number of aliphatic hydroxyl groups excluding tert-OH is 1. The molecule has 0 radical (unpaired) electrons. The molecule has 0 spiro atoms. The lowest BCUT2D eigenvalue weighted by Gasteiger charge is -2.36. The molecule has 2 N–H and O–H groups in total. The lowest BCUT2D eigenvalue weighted by Crippen LogP contribution is -2.46. The highest BCUT2D eigenvalue weighted by Gasteiger charge is 2.46. The quantitative estimate of drug-likeness (QED) is 0.680. The normalized spacial score (nSPS) is 24.8. The van der Waals surface area contributed by atoms with Crippen LogP contribution in [0.15, 0.2) is 36.4 Å². The number of carbonyl (C=O) groups excluding carboxylic acids is 2. The molecular weight excluding hydrogens is 418 g/mol. The Morgan fingerprint density at radius 2 is 1.94 bits per heavy atom. The van der Waals surface area contributed by atoms with Crippen LogP contribution < -0.4 is 19.5 Å². The molecule has 9 nitrogen and oxygen atoms in total. The first-order chi connectivity index (χ1) is 15.6. The van der Waals surface area contributed by atoms with Gasteiger partial charge in [0.1, 0.15) is 18.0 Å². The van der Waals surface area contributed by atoms with Crippen LogP contribution in [-0.2, 0) is 14.3 Å². The Kier molecular flexibility index (Phi) is 5.36. The highest BCUT2D eigenvalue weighted by molar-refractivity contribution is 6.04. The highest BCUT2D eigenvalue weighted by atomic mass is 16.7. The molecule has 32 heavy (non-hydrogen) atoms. The van der Waals surface area contributed by atoms with Gasteiger partial charge in [0.15, 0.2) is 11.5 Å². The van der Waals surface area contributed by atoms with Crippen LogP contribution in [0.2, 0.25) is 0 Å². The summed E-state index contributed by atoms with van der Waals surface area (Å²) in [6.07, 6.45) is -0.650. The first kappa shape index (κ1) is 20.6. The van der Waals surface area contributed by atoms with Crippen molar-refractivity contribution < 1.29 is 38.4 Å². The molecule has 0 bridgehead atoms. The second-order valence-electron chi connectivity index (χ2n) is 7.96. The zero-order valence-electron chi connectivity index (χ0n) is 17.4. The van der Waals surface area contributed by atoms with E-state index in [-0.39, 0.29) is 49.8 Å². The zero-order valence-corrected chi connectivity index (χ0v) is 17.4. The van der Waals surface area contributed by atoms with E-state index in [0.717, 1.165) is 5.56 Å². The van der Waals surface area contributed by atoms with Gasteiger partial charge in [0.05, 0.1) is 26.2 Å². The van der Waals surface area contributed by atoms with Gasteiger partial charge in [0.25, 0.3) is 5.91 Å². The number of amides is 1. The Bertz CT molecular complexity index is 1050. The molecule has 9 heteroatoms. The maximum Gasteiger partial charge on any atom is 0.308 e. The van der Waals surface area contributed by atoms with Crippen LogP contribution >= 0.6 is 0 Å². The fourth-order valence-corrected chi connectivity index (χ4v) is 4.48. The summed E-state index contributed by atoms with van der Waals surface area (Å²) in [7, 11) is 1.33. The summed E-state index contributed by atoms with van der Waals surface area (Å²) in [5.74, 6) is 1.12. The van der Waals surface area contributed by atoms with Crippen LogP contribution in [-0.4, -0.2) is 55.8 Å². The number of methoxy groups -OCH3 is 1. The second kappa shape index (κ2) is 8.33. The minimum absolute atomic E-state index is 0.0760. The van der Waals surface area contributed by atoms with Gasteiger partial charge in [-0.3, -0.25) is 9.59 Å². The average Bonchev–Trinajstić information content (AvgIpc) is 3.42. The standard InChI is InChI=1S/C23H23NO8/c1-28-21(26)9-14-8-16-15-7-13(3-5-17(15)32-22(16)20(10-25)31-14)24-23(27)12-2-4-18-19(6-12)30-11-29-18/h2-7,14,16,20,22,25H,8-11H2,1H3,(H,24,27)/t14-,16-,20-,22+/m1/s1. The van der Waals surface area contributed by atoms with E-state index in [1.165, 1.54) is 7.11 Å². The van der Waals surface area contributed by atoms with Gasteiger partial charge in [-0.1, -0.05) is 0 Å². The van der Waals surface area contributed by atoms with Crippen molar-refractivity contribution in [3.05, 3.63) is 47.5 Å². The van der Waals surface area contributed by atoms with Gasteiger partial charge in [-0.25, -0.2) is 0 Å². The van der Waals surface area contributed by atoms with Crippen molar-refractivity contribution in [1.29, 1.82) is 0 Å². The number of fused-ring (bicyclic) bond motifs is 4. The maximum atomic E-state index is 12.8. The molecule has 168 valence electrons. The summed E-state index contributed by atoms with van der Waals surface area (Å²) in [5, 5.41) is 12.7. The van der Waals surface area contributed by atoms with Crippen LogP contribution in [0.1, 0.15) is 34.7 Å². The van der Waals surface area contributed by atoms with Crippen molar-refractivity contribution >= 4 is 17.6 Å². The summed E-state index contributed by atoms with van der Waals surface area (Å²) in [6.45, 7) is -0.0795. The molecule has 2 aromatic carbocycles. The molecule has 0 aromatic heterocycles. The molecule has 3 aliphatic heterocycles. The van der Waals surface area contributed by atoms with Crippen molar-refractivity contribution in [2.24, 2.45) is 0 Å². The fourth-order valence-electron chi connectivity index (χ4n) is 4.48. The summed E-state index contributed by atoms with van der Waals surface area (Å²) in [4.78, 5) is 24.5. The van der Waals surface area contributed by atoms with Crippen LogP contribution in [0.4, 0.5) is 5.69 Å². The van der Waals surface area contributed by atoms with E-state index in [1.807, 2.05) is 6.07 Å². The third-order valence-corrected chi connectivity index (χ3v) is 6.01. The van der Waals surface area contributed by atoms with Gasteiger partial charge < -0.3 is 34.1 Å². The molecule has 5 rings (SSSR count). The van der Waals surface area contributed by atoms with E-state index in [1.54, 1.807) is 30.3 Å². The number of benzene rings is 2. The Hall–Kier alpha value is -3.30. The lowest BCUT2D eigenvalue weighted by molar-refractivity contribution is -0.156. The smallest absolute Gasteiger partial charge is 0.308 e. The Morgan fingerprint density at radius 3 is 2.75 bits per heavy atom. The van der Waals surface area contributed by atoms with Crippen LogP contribution in [0.5, 0.6) is 17.2 Å². The number of ether oxygens (including phenoxy) is 5. The largest absolute Gasteiger partial charge is 0.487 e. The Balaban J connectivity index is 1.35. The summed E-state index contributed by atoms with van der Waals surface area (Å²) in [5.41, 5.74) is 1.98. The molecule has 0 aliphatic carbocycles. The van der Waals surface area contributed by atoms with Crippen LogP contribution in [0.3, 0.4) is 0 Å². The number of rotatable bonds is 5. The summed E-state index contributed by atoms with van der Waals surface area (Å²) < 4.78 is 27.3. The topological polar surface area (TPSA) is 113 Å². The number of carbonyl (C=O) groups is 2. The van der Waals surface area contributed by atoms with Gasteiger partial charge in [0, 0.05) is 22.7 Å². The van der Waals surface area contributed by atoms with Crippen molar-refractivity contribution in [2.75, 3.05) is 25.8 Å². The van der Waals surface area contributed by atoms with Crippen molar-refractivity contribution in [3.8, 4) is 17.2 Å². The number of nitrogens with one attached hydrogen (secondary N) is 1. The Morgan fingerprint density at radius 1 is 1.12 bits per heavy atom. The molecule has 0 unspecified atom stereocenters. The molecule has 4 atom stereocenters. The van der Waals surface area contributed by atoms with Crippen LogP contribution in [0.25, 0.3) is 0 Å². The number of hydrogen-bond acceptors (Lipinski definition) is 8. The molecule has 3 aliphatic rings. The molecular formula is C23H23NO8. The maximum absolute atomic E-state index is 12.8. The van der Waals surface area contributed by atoms with Gasteiger partial charge in [-0.05, 0) is 42.8 Å². The van der Waals surface area contributed by atoms with Gasteiger partial charge in [-0.15, -0.1) is 0 Å². The van der Waals surface area contributed by atoms with Gasteiger partial charge in [0.2, 0.25) is 6.79 Å². The zero-order chi connectivity index (χ0) is 22.2. The van der Waals surface area contributed by atoms with Crippen molar-refractivity contribution in [2.45, 2.75) is 37.1 Å². The van der Waals surface area contributed by atoms with Crippen molar-refractivity contribution in [1.82, 2.24) is 0 Å². The molecule has 1 fully saturated rings. The minimum atomic E-state index is -0.553. The SMILES string of the molecule is COC(=O)C[C@H]1C[C@@H]2c3cc(NC(=O)c4ccc5c(c4)OCO5)ccc3O[C@@H]2[C@@H](CO)O1. The third kappa shape index (κ3) is 3.74. The van der Waals surface area contributed by atoms with Gasteiger partial charge in [-0.2, -0.15) is 0 Å². The highest BCUT2D eigenvalue weighted by Crippen LogP contribution is 2.47. The van der Waals surface area contributed by atoms with Gasteiger partial charge >= 0.3 is 5.97 Å². The molecule has 3 heterocycles. The number of aliphatic hydroxyl groups is 1. The third-order valence-electron chi connectivity index (χ3n) is 6.01. The Labute approximate surface area is 184 Å². The molecule has 1 amide bonds. The number of hydrogen-bond donors (Lipinski definition) is 2. The van der Waals surface area contributed by atoms with Crippen molar-refractivity contribution in [3.63, 3.8) is 0 Å². The van der Waals surface area contributed by atoms with E-state index in [9.17, 15) is 14.7 Å². The summed E-state index contributed by atoms with van der Waals surface area (Å²) >= 11 is 0. The molecule has 2 aromatic rings. The monoisotopic (exact) mass is 441 g/mol. The lowest BCUT2D eigenvalue weighted by atomic mass is 9.84. The first-order valence-electron chi connectivity index (χ1n) is 10.4. The van der Waals surface area contributed by atoms with E-state index in [0.29, 0.717) is 34.9 Å². The van der Waals surface area contributed by atoms with E-state index in [4.69, 9.17) is 23.7 Å². The van der Waals surface area contributed by atoms with E-state index >= 15 is 0 Å². The van der Waals surface area contributed by atoms with E-state index < -0.39 is 6.10 Å². The minimum Gasteiger partial charge on any atom is -0.487 e. The predicted octanol–water partition coefficient (Wildman–Crippen LogP) is 2.23. The fraction of sp³-hybridized carbons (Fsp3) is 0.391. The number of esters is 1. The summed E-state index contributed by atoms with van der Waals surface area (Å²) in [6, 6.07) is 10.5. The first-order valence-corrected chi connectivity index (χ1v) is 10.4. The average molecular weight is 441 g/mol.